The lowest BCUT2D eigenvalue weighted by Crippen LogP contribution is -2.12. The van der Waals surface area contributed by atoms with E-state index in [0.717, 1.165) is 18.4 Å². The zero-order chi connectivity index (χ0) is 7.56. The zero-order valence-corrected chi connectivity index (χ0v) is 6.05. The highest BCUT2D eigenvalue weighted by Crippen LogP contribution is 2.18. The Labute approximate surface area is 60.4 Å². The number of allylic oxidation sites excluding steroid dienone is 3. The molecule has 2 nitrogen and oxygen atoms in total. The molecule has 0 heterocycles. The van der Waals surface area contributed by atoms with Crippen LogP contribution in [-0.2, 0) is 4.79 Å². The van der Waals surface area contributed by atoms with Crippen molar-refractivity contribution in [1.82, 2.24) is 0 Å². The monoisotopic (exact) mass is 137 g/mol. The number of hydrogen-bond acceptors (Lipinski definition) is 1. The maximum atomic E-state index is 10.6. The van der Waals surface area contributed by atoms with Crippen molar-refractivity contribution in [2.45, 2.75) is 19.8 Å². The summed E-state index contributed by atoms with van der Waals surface area (Å²) in [5.41, 5.74) is 7.02. The van der Waals surface area contributed by atoms with Gasteiger partial charge in [0.1, 0.15) is 0 Å². The number of primary amides is 1. The molecule has 0 fully saturated rings. The van der Waals surface area contributed by atoms with E-state index in [1.165, 1.54) is 5.57 Å². The van der Waals surface area contributed by atoms with Crippen LogP contribution in [0.25, 0.3) is 0 Å². The first-order valence-electron chi connectivity index (χ1n) is 3.43. The highest BCUT2D eigenvalue weighted by Gasteiger charge is 2.08. The Balaban J connectivity index is 2.66. The van der Waals surface area contributed by atoms with Crippen molar-refractivity contribution in [3.05, 3.63) is 23.3 Å². The van der Waals surface area contributed by atoms with Gasteiger partial charge in [-0.1, -0.05) is 24.6 Å². The smallest absolute Gasteiger partial charge is 0.244 e. The molecular formula is C8H11NO. The molecule has 0 unspecified atom stereocenters. The SMILES string of the molecule is CCC1=CCC(C(N)=O)=C1. The summed E-state index contributed by atoms with van der Waals surface area (Å²) in [7, 11) is 0. The van der Waals surface area contributed by atoms with Crippen LogP contribution in [0.3, 0.4) is 0 Å². The molecule has 1 aliphatic carbocycles. The number of carbonyl (C=O) groups is 1. The number of carbonyl (C=O) groups excluding carboxylic acids is 1. The van der Waals surface area contributed by atoms with Gasteiger partial charge in [0.05, 0.1) is 0 Å². The highest BCUT2D eigenvalue weighted by atomic mass is 16.1. The second kappa shape index (κ2) is 2.69. The predicted molar refractivity (Wildman–Crippen MR) is 40.3 cm³/mol. The molecule has 0 radical (unpaired) electrons. The third-order valence-electron chi connectivity index (χ3n) is 1.67. The number of hydrogen-bond donors (Lipinski definition) is 1. The van der Waals surface area contributed by atoms with Gasteiger partial charge in [-0.3, -0.25) is 4.79 Å². The molecule has 54 valence electrons. The Hall–Kier alpha value is -1.05. The molecule has 2 heteroatoms. The van der Waals surface area contributed by atoms with E-state index in [4.69, 9.17) is 5.73 Å². The zero-order valence-electron chi connectivity index (χ0n) is 6.05. The van der Waals surface area contributed by atoms with Gasteiger partial charge in [-0.05, 0) is 12.8 Å². The van der Waals surface area contributed by atoms with Gasteiger partial charge in [0.15, 0.2) is 0 Å². The third-order valence-corrected chi connectivity index (χ3v) is 1.67. The Morgan fingerprint density at radius 1 is 1.80 bits per heavy atom. The quantitative estimate of drug-likeness (QED) is 0.609. The second-order valence-electron chi connectivity index (χ2n) is 2.37. The summed E-state index contributed by atoms with van der Waals surface area (Å²) in [6.07, 6.45) is 5.62. The van der Waals surface area contributed by atoms with Crippen molar-refractivity contribution in [2.24, 2.45) is 5.73 Å². The Morgan fingerprint density at radius 3 is 2.80 bits per heavy atom. The molecule has 0 aromatic rings. The maximum Gasteiger partial charge on any atom is 0.244 e. The summed E-state index contributed by atoms with van der Waals surface area (Å²) in [6, 6.07) is 0. The first-order valence-corrected chi connectivity index (χ1v) is 3.43. The Bertz CT molecular complexity index is 213. The van der Waals surface area contributed by atoms with Gasteiger partial charge in [0.25, 0.3) is 0 Å². The van der Waals surface area contributed by atoms with Gasteiger partial charge in [-0.25, -0.2) is 0 Å². The minimum Gasteiger partial charge on any atom is -0.366 e. The summed E-state index contributed by atoms with van der Waals surface area (Å²) >= 11 is 0. The van der Waals surface area contributed by atoms with Crippen LogP contribution in [0.15, 0.2) is 23.3 Å². The van der Waals surface area contributed by atoms with Gasteiger partial charge in [-0.2, -0.15) is 0 Å². The third kappa shape index (κ3) is 1.26. The topological polar surface area (TPSA) is 43.1 Å². The molecule has 1 rings (SSSR count). The standard InChI is InChI=1S/C8H11NO/c1-2-6-3-4-7(5-6)8(9)10/h3,5H,2,4H2,1H3,(H2,9,10). The van der Waals surface area contributed by atoms with E-state index in [2.05, 4.69) is 6.92 Å². The van der Waals surface area contributed by atoms with Crippen molar-refractivity contribution < 1.29 is 4.79 Å². The van der Waals surface area contributed by atoms with E-state index >= 15 is 0 Å². The Morgan fingerprint density at radius 2 is 2.50 bits per heavy atom. The number of nitrogens with two attached hydrogens (primary N) is 1. The van der Waals surface area contributed by atoms with Crippen LogP contribution in [0.2, 0.25) is 0 Å². The molecule has 0 saturated carbocycles. The fraction of sp³-hybridized carbons (Fsp3) is 0.375. The molecule has 0 spiro atoms. The lowest BCUT2D eigenvalue weighted by atomic mass is 10.2. The molecule has 10 heavy (non-hydrogen) atoms. The fourth-order valence-electron chi connectivity index (χ4n) is 1.00. The predicted octanol–water partition coefficient (Wildman–Crippen LogP) is 1.14. The summed E-state index contributed by atoms with van der Waals surface area (Å²) in [4.78, 5) is 10.6. The van der Waals surface area contributed by atoms with Crippen LogP contribution in [-0.4, -0.2) is 5.91 Å². The number of amides is 1. The molecule has 0 aromatic heterocycles. The second-order valence-corrected chi connectivity index (χ2v) is 2.37. The van der Waals surface area contributed by atoms with E-state index < -0.39 is 0 Å². The summed E-state index contributed by atoms with van der Waals surface area (Å²) in [5, 5.41) is 0. The normalized spacial score (nSPS) is 16.5. The summed E-state index contributed by atoms with van der Waals surface area (Å²) in [6.45, 7) is 2.06. The molecular weight excluding hydrogens is 126 g/mol. The van der Waals surface area contributed by atoms with Crippen molar-refractivity contribution in [3.8, 4) is 0 Å². The van der Waals surface area contributed by atoms with Gasteiger partial charge in [0.2, 0.25) is 5.91 Å². The summed E-state index contributed by atoms with van der Waals surface area (Å²) in [5.74, 6) is -0.292. The lowest BCUT2D eigenvalue weighted by Gasteiger charge is -1.90. The average Bonchev–Trinajstić information content (AvgIpc) is 2.34. The van der Waals surface area contributed by atoms with Crippen molar-refractivity contribution >= 4 is 5.91 Å². The molecule has 0 aromatic carbocycles. The Kier molecular flexibility index (Phi) is 1.90. The molecule has 2 N–H and O–H groups in total. The molecule has 0 bridgehead atoms. The van der Waals surface area contributed by atoms with Gasteiger partial charge in [0, 0.05) is 5.57 Å². The van der Waals surface area contributed by atoms with Crippen LogP contribution < -0.4 is 5.73 Å². The van der Waals surface area contributed by atoms with Crippen molar-refractivity contribution in [3.63, 3.8) is 0 Å². The van der Waals surface area contributed by atoms with E-state index in [0.29, 0.717) is 0 Å². The molecule has 0 saturated heterocycles. The molecule has 0 atom stereocenters. The van der Waals surface area contributed by atoms with Gasteiger partial charge in [-0.15, -0.1) is 0 Å². The van der Waals surface area contributed by atoms with Crippen LogP contribution in [0.1, 0.15) is 19.8 Å². The maximum absolute atomic E-state index is 10.6. The van der Waals surface area contributed by atoms with E-state index in [9.17, 15) is 4.79 Å². The molecule has 1 amide bonds. The molecule has 0 aliphatic heterocycles. The first kappa shape index (κ1) is 7.06. The first-order chi connectivity index (χ1) is 4.74. The largest absolute Gasteiger partial charge is 0.366 e. The minimum absolute atomic E-state index is 0.292. The van der Waals surface area contributed by atoms with E-state index in [1.807, 2.05) is 12.2 Å². The van der Waals surface area contributed by atoms with E-state index in [1.54, 1.807) is 0 Å². The highest BCUT2D eigenvalue weighted by molar-refractivity contribution is 5.93. The summed E-state index contributed by atoms with van der Waals surface area (Å²) < 4.78 is 0. The van der Waals surface area contributed by atoms with Crippen LogP contribution in [0, 0.1) is 0 Å². The van der Waals surface area contributed by atoms with E-state index in [-0.39, 0.29) is 5.91 Å². The van der Waals surface area contributed by atoms with Crippen molar-refractivity contribution in [2.75, 3.05) is 0 Å². The number of rotatable bonds is 2. The van der Waals surface area contributed by atoms with Crippen LogP contribution in [0.5, 0.6) is 0 Å². The molecule has 1 aliphatic rings. The lowest BCUT2D eigenvalue weighted by molar-refractivity contribution is -0.114. The van der Waals surface area contributed by atoms with Crippen LogP contribution >= 0.6 is 0 Å². The fourth-order valence-corrected chi connectivity index (χ4v) is 1.00. The van der Waals surface area contributed by atoms with Gasteiger partial charge < -0.3 is 5.73 Å². The minimum atomic E-state index is -0.292. The average molecular weight is 137 g/mol. The van der Waals surface area contributed by atoms with Crippen LogP contribution in [0.4, 0.5) is 0 Å². The van der Waals surface area contributed by atoms with Gasteiger partial charge >= 0.3 is 0 Å². The van der Waals surface area contributed by atoms with Crippen molar-refractivity contribution in [1.29, 1.82) is 0 Å².